The SMILES string of the molecule is Cc1ccc2oc(N3CCN(C(=O)C4CCNCC4)CC3)nc2c1.Cl. The number of carbonyl (C=O) groups is 1. The molecule has 2 saturated heterocycles. The van der Waals surface area contributed by atoms with Crippen LogP contribution in [0.15, 0.2) is 22.6 Å². The Balaban J connectivity index is 0.00000182. The molecule has 0 radical (unpaired) electrons. The Bertz CT molecular complexity index is 734. The van der Waals surface area contributed by atoms with Gasteiger partial charge in [-0.15, -0.1) is 12.4 Å². The first-order valence-corrected chi connectivity index (χ1v) is 8.82. The van der Waals surface area contributed by atoms with Crippen molar-refractivity contribution in [3.63, 3.8) is 0 Å². The van der Waals surface area contributed by atoms with Crippen molar-refractivity contribution >= 4 is 35.4 Å². The van der Waals surface area contributed by atoms with Crippen molar-refractivity contribution in [1.29, 1.82) is 0 Å². The summed E-state index contributed by atoms with van der Waals surface area (Å²) in [4.78, 5) is 21.4. The number of halogens is 1. The Morgan fingerprint density at radius 2 is 1.92 bits per heavy atom. The Kier molecular flexibility index (Phi) is 5.49. The van der Waals surface area contributed by atoms with Crippen molar-refractivity contribution in [2.75, 3.05) is 44.2 Å². The summed E-state index contributed by atoms with van der Waals surface area (Å²) < 4.78 is 5.88. The molecule has 3 heterocycles. The second-order valence-electron chi connectivity index (χ2n) is 6.80. The molecule has 136 valence electrons. The van der Waals surface area contributed by atoms with Gasteiger partial charge in [-0.3, -0.25) is 4.79 Å². The third-order valence-electron chi connectivity index (χ3n) is 5.08. The van der Waals surface area contributed by atoms with Crippen LogP contribution in [0.3, 0.4) is 0 Å². The number of anilines is 1. The number of piperidine rings is 1. The van der Waals surface area contributed by atoms with Gasteiger partial charge in [0, 0.05) is 32.1 Å². The first-order valence-electron chi connectivity index (χ1n) is 8.82. The maximum atomic E-state index is 12.6. The van der Waals surface area contributed by atoms with Gasteiger partial charge in [0.2, 0.25) is 5.91 Å². The van der Waals surface area contributed by atoms with Gasteiger partial charge in [0.15, 0.2) is 5.58 Å². The van der Waals surface area contributed by atoms with E-state index >= 15 is 0 Å². The van der Waals surface area contributed by atoms with Crippen LogP contribution in [0.4, 0.5) is 6.01 Å². The lowest BCUT2D eigenvalue weighted by atomic mass is 9.96. The van der Waals surface area contributed by atoms with Gasteiger partial charge in [-0.1, -0.05) is 6.07 Å². The zero-order valence-electron chi connectivity index (χ0n) is 14.5. The molecule has 0 atom stereocenters. The average Bonchev–Trinajstić information content (AvgIpc) is 3.05. The molecule has 1 N–H and O–H groups in total. The molecular formula is C18H25ClN4O2. The number of benzene rings is 1. The number of aryl methyl sites for hydroxylation is 1. The molecule has 7 heteroatoms. The lowest BCUT2D eigenvalue weighted by Crippen LogP contribution is -2.51. The van der Waals surface area contributed by atoms with Crippen LogP contribution in [0.25, 0.3) is 11.1 Å². The fourth-order valence-corrected chi connectivity index (χ4v) is 3.61. The highest BCUT2D eigenvalue weighted by molar-refractivity contribution is 5.85. The second kappa shape index (κ2) is 7.62. The zero-order chi connectivity index (χ0) is 16.5. The van der Waals surface area contributed by atoms with Gasteiger partial charge < -0.3 is 19.5 Å². The van der Waals surface area contributed by atoms with E-state index < -0.39 is 0 Å². The predicted octanol–water partition coefficient (Wildman–Crippen LogP) is 2.21. The molecule has 6 nitrogen and oxygen atoms in total. The molecule has 0 bridgehead atoms. The van der Waals surface area contributed by atoms with E-state index in [0.29, 0.717) is 11.9 Å². The van der Waals surface area contributed by atoms with Crippen molar-refractivity contribution < 1.29 is 9.21 Å². The molecular weight excluding hydrogens is 340 g/mol. The van der Waals surface area contributed by atoms with Crippen LogP contribution in [0.1, 0.15) is 18.4 Å². The smallest absolute Gasteiger partial charge is 0.298 e. The van der Waals surface area contributed by atoms with E-state index in [1.807, 2.05) is 23.1 Å². The van der Waals surface area contributed by atoms with Gasteiger partial charge in [-0.2, -0.15) is 4.98 Å². The third-order valence-corrected chi connectivity index (χ3v) is 5.08. The van der Waals surface area contributed by atoms with Crippen LogP contribution in [-0.2, 0) is 4.79 Å². The highest BCUT2D eigenvalue weighted by Gasteiger charge is 2.29. The number of amides is 1. The zero-order valence-corrected chi connectivity index (χ0v) is 15.3. The molecule has 1 aromatic heterocycles. The van der Waals surface area contributed by atoms with Gasteiger partial charge >= 0.3 is 0 Å². The number of aromatic nitrogens is 1. The first-order chi connectivity index (χ1) is 11.7. The number of hydrogen-bond acceptors (Lipinski definition) is 5. The number of hydrogen-bond donors (Lipinski definition) is 1. The molecule has 2 aromatic rings. The summed E-state index contributed by atoms with van der Waals surface area (Å²) in [5.74, 6) is 0.523. The molecule has 0 aliphatic carbocycles. The monoisotopic (exact) mass is 364 g/mol. The van der Waals surface area contributed by atoms with Crippen LogP contribution >= 0.6 is 12.4 Å². The van der Waals surface area contributed by atoms with E-state index in [9.17, 15) is 4.79 Å². The van der Waals surface area contributed by atoms with E-state index in [-0.39, 0.29) is 18.3 Å². The number of oxazole rings is 1. The van der Waals surface area contributed by atoms with E-state index in [0.717, 1.165) is 63.2 Å². The first kappa shape index (κ1) is 18.0. The van der Waals surface area contributed by atoms with Crippen molar-refractivity contribution in [3.05, 3.63) is 23.8 Å². The summed E-state index contributed by atoms with van der Waals surface area (Å²) in [5.41, 5.74) is 2.90. The lowest BCUT2D eigenvalue weighted by molar-refractivity contribution is -0.136. The fraction of sp³-hybridized carbons (Fsp3) is 0.556. The van der Waals surface area contributed by atoms with Gasteiger partial charge in [-0.25, -0.2) is 0 Å². The minimum Gasteiger partial charge on any atom is -0.423 e. The number of fused-ring (bicyclic) bond motifs is 1. The van der Waals surface area contributed by atoms with Crippen LogP contribution in [0.2, 0.25) is 0 Å². The number of carbonyl (C=O) groups excluding carboxylic acids is 1. The summed E-state index contributed by atoms with van der Waals surface area (Å²) in [6, 6.07) is 6.72. The Morgan fingerprint density at radius 3 is 2.64 bits per heavy atom. The topological polar surface area (TPSA) is 61.6 Å². The van der Waals surface area contributed by atoms with Gasteiger partial charge in [0.1, 0.15) is 5.52 Å². The van der Waals surface area contributed by atoms with E-state index in [1.165, 1.54) is 5.56 Å². The van der Waals surface area contributed by atoms with Crippen LogP contribution in [0, 0.1) is 12.8 Å². The predicted molar refractivity (Wildman–Crippen MR) is 100 cm³/mol. The largest absolute Gasteiger partial charge is 0.423 e. The molecule has 1 amide bonds. The van der Waals surface area contributed by atoms with Gasteiger partial charge in [0.25, 0.3) is 6.01 Å². The summed E-state index contributed by atoms with van der Waals surface area (Å²) in [7, 11) is 0. The van der Waals surface area contributed by atoms with Crippen molar-refractivity contribution in [2.45, 2.75) is 19.8 Å². The normalized spacial score (nSPS) is 19.1. The summed E-state index contributed by atoms with van der Waals surface area (Å²) in [6.45, 7) is 7.03. The van der Waals surface area contributed by atoms with E-state index in [2.05, 4.69) is 22.1 Å². The molecule has 2 aliphatic rings. The highest BCUT2D eigenvalue weighted by Crippen LogP contribution is 2.24. The minimum atomic E-state index is 0. The number of piperazine rings is 1. The molecule has 2 fully saturated rings. The molecule has 0 saturated carbocycles. The fourth-order valence-electron chi connectivity index (χ4n) is 3.61. The number of nitrogens with one attached hydrogen (secondary N) is 1. The minimum absolute atomic E-state index is 0. The van der Waals surface area contributed by atoms with Crippen LogP contribution in [-0.4, -0.2) is 55.1 Å². The molecule has 0 spiro atoms. The Hall–Kier alpha value is -1.79. The molecule has 1 aromatic carbocycles. The molecule has 0 unspecified atom stereocenters. The summed E-state index contributed by atoms with van der Waals surface area (Å²) in [5, 5.41) is 3.32. The van der Waals surface area contributed by atoms with Crippen LogP contribution < -0.4 is 10.2 Å². The Morgan fingerprint density at radius 1 is 1.20 bits per heavy atom. The number of rotatable bonds is 2. The van der Waals surface area contributed by atoms with Crippen molar-refractivity contribution in [2.24, 2.45) is 5.92 Å². The number of nitrogens with zero attached hydrogens (tertiary/aromatic N) is 3. The molecule has 25 heavy (non-hydrogen) atoms. The third kappa shape index (κ3) is 3.75. The van der Waals surface area contributed by atoms with Crippen LogP contribution in [0.5, 0.6) is 0 Å². The van der Waals surface area contributed by atoms with Gasteiger partial charge in [0.05, 0.1) is 0 Å². The second-order valence-corrected chi connectivity index (χ2v) is 6.80. The summed E-state index contributed by atoms with van der Waals surface area (Å²) >= 11 is 0. The lowest BCUT2D eigenvalue weighted by Gasteiger charge is -2.36. The van der Waals surface area contributed by atoms with E-state index in [4.69, 9.17) is 4.42 Å². The Labute approximate surface area is 154 Å². The quantitative estimate of drug-likeness (QED) is 0.885. The standard InChI is InChI=1S/C18H24N4O2.ClH/c1-13-2-3-16-15(12-13)20-18(24-16)22-10-8-21(9-11-22)17(23)14-4-6-19-7-5-14;/h2-3,12,14,19H,4-11H2,1H3;1H. The maximum absolute atomic E-state index is 12.6. The van der Waals surface area contributed by atoms with Gasteiger partial charge in [-0.05, 0) is 50.6 Å². The average molecular weight is 365 g/mol. The molecule has 4 rings (SSSR count). The van der Waals surface area contributed by atoms with Crippen molar-refractivity contribution in [1.82, 2.24) is 15.2 Å². The summed E-state index contributed by atoms with van der Waals surface area (Å²) in [6.07, 6.45) is 1.92. The van der Waals surface area contributed by atoms with E-state index in [1.54, 1.807) is 0 Å². The maximum Gasteiger partial charge on any atom is 0.298 e. The molecule has 2 aliphatic heterocycles. The van der Waals surface area contributed by atoms with Crippen molar-refractivity contribution in [3.8, 4) is 0 Å². The highest BCUT2D eigenvalue weighted by atomic mass is 35.5.